The van der Waals surface area contributed by atoms with Crippen LogP contribution in [0.2, 0.25) is 0 Å². The molecule has 12 heavy (non-hydrogen) atoms. The van der Waals surface area contributed by atoms with Gasteiger partial charge in [-0.25, -0.2) is 5.14 Å². The zero-order valence-corrected chi connectivity index (χ0v) is 8.76. The molecule has 0 unspecified atom stereocenters. The maximum Gasteiger partial charge on any atom is 0.276 e. The van der Waals surface area contributed by atoms with Crippen LogP contribution in [0.4, 0.5) is 0 Å². The smallest absolute Gasteiger partial charge is 0.216 e. The molecule has 0 fully saturated rings. The highest BCUT2D eigenvalue weighted by atomic mass is 32.2. The molecule has 0 amide bonds. The molecule has 0 aromatic rings. The van der Waals surface area contributed by atoms with Crippen LogP contribution in [0.15, 0.2) is 0 Å². The molecule has 74 valence electrons. The van der Waals surface area contributed by atoms with Gasteiger partial charge in [-0.1, -0.05) is 13.8 Å². The summed E-state index contributed by atoms with van der Waals surface area (Å²) in [4.78, 5) is 0. The molecule has 5 heteroatoms. The van der Waals surface area contributed by atoms with E-state index in [-0.39, 0.29) is 0 Å². The van der Waals surface area contributed by atoms with Crippen LogP contribution < -0.4 is 5.14 Å². The average molecular weight is 194 g/mol. The van der Waals surface area contributed by atoms with Crippen LogP contribution in [0.5, 0.6) is 0 Å². The van der Waals surface area contributed by atoms with Crippen LogP contribution in [-0.2, 0) is 10.2 Å². The monoisotopic (exact) mass is 194 g/mol. The fraction of sp³-hybridized carbons (Fsp3) is 1.00. The average Bonchev–Trinajstić information content (AvgIpc) is 1.84. The summed E-state index contributed by atoms with van der Waals surface area (Å²) in [6.07, 6.45) is 1.89. The van der Waals surface area contributed by atoms with Gasteiger partial charge < -0.3 is 0 Å². The Balaban J connectivity index is 3.66. The van der Waals surface area contributed by atoms with Crippen molar-refractivity contribution in [2.75, 3.05) is 13.6 Å². The fourth-order valence-electron chi connectivity index (χ4n) is 0.849. The van der Waals surface area contributed by atoms with Gasteiger partial charge in [-0.05, 0) is 18.8 Å². The molecule has 0 bridgehead atoms. The lowest BCUT2D eigenvalue weighted by molar-refractivity contribution is 0.435. The molecule has 0 aliphatic carbocycles. The summed E-state index contributed by atoms with van der Waals surface area (Å²) < 4.78 is 22.6. The van der Waals surface area contributed by atoms with Crippen molar-refractivity contribution in [2.45, 2.75) is 26.7 Å². The van der Waals surface area contributed by atoms with Crippen molar-refractivity contribution in [3.8, 4) is 0 Å². The van der Waals surface area contributed by atoms with Crippen molar-refractivity contribution in [2.24, 2.45) is 11.1 Å². The predicted octanol–water partition coefficient (Wildman–Crippen LogP) is 0.558. The van der Waals surface area contributed by atoms with Crippen LogP contribution in [-0.4, -0.2) is 26.3 Å². The lowest BCUT2D eigenvalue weighted by atomic mass is 10.1. The minimum absolute atomic E-state index is 0.511. The van der Waals surface area contributed by atoms with Gasteiger partial charge in [0, 0.05) is 13.6 Å². The Morgan fingerprint density at radius 1 is 1.42 bits per heavy atom. The maximum atomic E-state index is 10.7. The van der Waals surface area contributed by atoms with Crippen molar-refractivity contribution in [1.29, 1.82) is 0 Å². The standard InChI is InChI=1S/C7H18N2O2S/c1-7(2)5-4-6-9(3)12(8,10)11/h7H,4-6H2,1-3H3,(H2,8,10,11). The molecule has 0 aliphatic rings. The molecule has 0 aromatic carbocycles. The molecule has 0 saturated heterocycles. The molecule has 0 spiro atoms. The molecule has 4 nitrogen and oxygen atoms in total. The molecular weight excluding hydrogens is 176 g/mol. The van der Waals surface area contributed by atoms with Gasteiger partial charge in [0.05, 0.1) is 0 Å². The summed E-state index contributed by atoms with van der Waals surface area (Å²) in [7, 11) is -1.97. The van der Waals surface area contributed by atoms with Gasteiger partial charge >= 0.3 is 0 Å². The Morgan fingerprint density at radius 3 is 2.25 bits per heavy atom. The highest BCUT2D eigenvalue weighted by Crippen LogP contribution is 2.04. The summed E-state index contributed by atoms with van der Waals surface area (Å²) in [6.45, 7) is 4.73. The number of hydrogen-bond acceptors (Lipinski definition) is 2. The van der Waals surface area contributed by atoms with E-state index >= 15 is 0 Å². The van der Waals surface area contributed by atoms with E-state index in [2.05, 4.69) is 13.8 Å². The van der Waals surface area contributed by atoms with E-state index in [0.717, 1.165) is 12.8 Å². The Hall–Kier alpha value is -0.130. The first-order valence-electron chi connectivity index (χ1n) is 4.08. The lowest BCUT2D eigenvalue weighted by Crippen LogP contribution is -2.34. The van der Waals surface area contributed by atoms with Crippen LogP contribution >= 0.6 is 0 Å². The van der Waals surface area contributed by atoms with Crippen LogP contribution in [0.25, 0.3) is 0 Å². The second-order valence-electron chi connectivity index (χ2n) is 3.40. The Morgan fingerprint density at radius 2 is 1.92 bits per heavy atom. The van der Waals surface area contributed by atoms with E-state index in [9.17, 15) is 8.42 Å². The highest BCUT2D eigenvalue weighted by molar-refractivity contribution is 7.86. The Kier molecular flexibility index (Phi) is 4.74. The molecule has 0 saturated carbocycles. The Labute approximate surface area is 74.9 Å². The van der Waals surface area contributed by atoms with Crippen molar-refractivity contribution >= 4 is 10.2 Å². The third kappa shape index (κ3) is 5.51. The van der Waals surface area contributed by atoms with Crippen LogP contribution in [0.1, 0.15) is 26.7 Å². The van der Waals surface area contributed by atoms with Gasteiger partial charge in [-0.3, -0.25) is 0 Å². The van der Waals surface area contributed by atoms with Gasteiger partial charge in [0.1, 0.15) is 0 Å². The van der Waals surface area contributed by atoms with E-state index in [4.69, 9.17) is 5.14 Å². The molecule has 0 radical (unpaired) electrons. The molecule has 2 N–H and O–H groups in total. The van der Waals surface area contributed by atoms with Gasteiger partial charge in [0.2, 0.25) is 0 Å². The van der Waals surface area contributed by atoms with Gasteiger partial charge in [-0.15, -0.1) is 0 Å². The summed E-state index contributed by atoms with van der Waals surface area (Å²) in [6, 6.07) is 0. The zero-order chi connectivity index (χ0) is 9.78. The third-order valence-corrected chi connectivity index (χ3v) is 2.74. The first kappa shape index (κ1) is 11.9. The van der Waals surface area contributed by atoms with Crippen molar-refractivity contribution in [1.82, 2.24) is 4.31 Å². The second kappa shape index (κ2) is 4.79. The number of rotatable bonds is 5. The SMILES string of the molecule is CC(C)CCCN(C)S(N)(=O)=O. The topological polar surface area (TPSA) is 63.4 Å². The second-order valence-corrected chi connectivity index (χ2v) is 5.06. The molecule has 0 rings (SSSR count). The molecule has 0 aliphatic heterocycles. The number of nitrogens with two attached hydrogens (primary N) is 1. The molecule has 0 heterocycles. The first-order chi connectivity index (χ1) is 5.34. The number of nitrogens with zero attached hydrogens (tertiary/aromatic N) is 1. The van der Waals surface area contributed by atoms with E-state index in [1.54, 1.807) is 0 Å². The third-order valence-electron chi connectivity index (χ3n) is 1.69. The normalized spacial score (nSPS) is 12.8. The van der Waals surface area contributed by atoms with Crippen molar-refractivity contribution in [3.63, 3.8) is 0 Å². The van der Waals surface area contributed by atoms with E-state index in [1.165, 1.54) is 11.4 Å². The van der Waals surface area contributed by atoms with E-state index in [0.29, 0.717) is 12.5 Å². The quantitative estimate of drug-likeness (QED) is 0.695. The molecular formula is C7H18N2O2S. The number of hydrogen-bond donors (Lipinski definition) is 1. The van der Waals surface area contributed by atoms with Crippen LogP contribution in [0.3, 0.4) is 0 Å². The summed E-state index contributed by atoms with van der Waals surface area (Å²) in [5.74, 6) is 0.610. The van der Waals surface area contributed by atoms with E-state index < -0.39 is 10.2 Å². The fourth-order valence-corrected chi connectivity index (χ4v) is 1.23. The lowest BCUT2D eigenvalue weighted by Gasteiger charge is -2.13. The van der Waals surface area contributed by atoms with E-state index in [1.807, 2.05) is 0 Å². The first-order valence-corrected chi connectivity index (χ1v) is 5.58. The maximum absolute atomic E-state index is 10.7. The summed E-state index contributed by atoms with van der Waals surface area (Å²) in [5.41, 5.74) is 0. The Bertz CT molecular complexity index is 211. The van der Waals surface area contributed by atoms with Gasteiger partial charge in [0.25, 0.3) is 10.2 Å². The van der Waals surface area contributed by atoms with Crippen molar-refractivity contribution in [3.05, 3.63) is 0 Å². The minimum Gasteiger partial charge on any atom is -0.216 e. The molecule has 0 atom stereocenters. The highest BCUT2D eigenvalue weighted by Gasteiger charge is 2.10. The van der Waals surface area contributed by atoms with Gasteiger partial charge in [-0.2, -0.15) is 12.7 Å². The predicted molar refractivity (Wildman–Crippen MR) is 49.8 cm³/mol. The largest absolute Gasteiger partial charge is 0.276 e. The summed E-state index contributed by atoms with van der Waals surface area (Å²) >= 11 is 0. The zero-order valence-electron chi connectivity index (χ0n) is 7.95. The molecule has 0 aromatic heterocycles. The summed E-state index contributed by atoms with van der Waals surface area (Å²) in [5, 5.41) is 4.89. The van der Waals surface area contributed by atoms with Crippen LogP contribution in [0, 0.1) is 5.92 Å². The van der Waals surface area contributed by atoms with Crippen molar-refractivity contribution < 1.29 is 8.42 Å². The minimum atomic E-state index is -3.47. The van der Waals surface area contributed by atoms with Gasteiger partial charge in [0.15, 0.2) is 0 Å².